The second kappa shape index (κ2) is 11.7. The molecule has 0 spiro atoms. The van der Waals surface area contributed by atoms with Crippen molar-refractivity contribution in [1.82, 2.24) is 4.98 Å². The van der Waals surface area contributed by atoms with Crippen LogP contribution < -0.4 is 0 Å². The first-order chi connectivity index (χ1) is 13.5. The van der Waals surface area contributed by atoms with E-state index in [4.69, 9.17) is 32.7 Å². The van der Waals surface area contributed by atoms with Crippen molar-refractivity contribution >= 4 is 35.1 Å². The molecule has 7 heteroatoms. The molecular formula is C21H23Cl2NO4. The predicted molar refractivity (Wildman–Crippen MR) is 109 cm³/mol. The largest absolute Gasteiger partial charge is 0.461 e. The van der Waals surface area contributed by atoms with E-state index in [2.05, 4.69) is 11.9 Å². The summed E-state index contributed by atoms with van der Waals surface area (Å²) in [5.74, 6) is -1.20. The van der Waals surface area contributed by atoms with Crippen LogP contribution in [0.15, 0.2) is 36.4 Å². The molecule has 28 heavy (non-hydrogen) atoms. The molecule has 0 atom stereocenters. The van der Waals surface area contributed by atoms with Crippen LogP contribution in [0.25, 0.3) is 0 Å². The predicted octanol–water partition coefficient (Wildman–Crippen LogP) is 5.87. The van der Waals surface area contributed by atoms with Gasteiger partial charge in [-0.05, 0) is 42.3 Å². The molecule has 0 radical (unpaired) electrons. The van der Waals surface area contributed by atoms with Gasteiger partial charge in [0.15, 0.2) is 0 Å². The minimum Gasteiger partial charge on any atom is -0.461 e. The lowest BCUT2D eigenvalue weighted by Gasteiger charge is -2.07. The minimum atomic E-state index is -0.648. The van der Waals surface area contributed by atoms with E-state index in [-0.39, 0.29) is 18.0 Å². The number of unbranched alkanes of at least 4 members (excludes halogenated alkanes) is 4. The maximum absolute atomic E-state index is 12.2. The average Bonchev–Trinajstić information content (AvgIpc) is 2.68. The molecule has 0 saturated heterocycles. The zero-order chi connectivity index (χ0) is 20.4. The van der Waals surface area contributed by atoms with Crippen molar-refractivity contribution < 1.29 is 19.1 Å². The summed E-state index contributed by atoms with van der Waals surface area (Å²) in [6.07, 6.45) is 5.31. The highest BCUT2D eigenvalue weighted by Crippen LogP contribution is 2.20. The van der Waals surface area contributed by atoms with Crippen LogP contribution in [0, 0.1) is 0 Å². The number of benzene rings is 1. The number of hydrogen-bond acceptors (Lipinski definition) is 5. The van der Waals surface area contributed by atoms with Gasteiger partial charge in [0.1, 0.15) is 18.0 Å². The topological polar surface area (TPSA) is 65.5 Å². The summed E-state index contributed by atoms with van der Waals surface area (Å²) < 4.78 is 10.4. The molecule has 0 unspecified atom stereocenters. The van der Waals surface area contributed by atoms with E-state index in [0.717, 1.165) is 25.7 Å². The van der Waals surface area contributed by atoms with Gasteiger partial charge in [-0.1, -0.05) is 61.9 Å². The van der Waals surface area contributed by atoms with Crippen molar-refractivity contribution in [2.45, 2.75) is 45.6 Å². The Labute approximate surface area is 175 Å². The lowest BCUT2D eigenvalue weighted by molar-refractivity contribution is 0.0463. The van der Waals surface area contributed by atoms with Crippen LogP contribution in [0.4, 0.5) is 0 Å². The summed E-state index contributed by atoms with van der Waals surface area (Å²) in [5.41, 5.74) is 0.767. The second-order valence-electron chi connectivity index (χ2n) is 6.31. The maximum atomic E-state index is 12.2. The van der Waals surface area contributed by atoms with Crippen LogP contribution in [-0.2, 0) is 16.1 Å². The number of esters is 2. The summed E-state index contributed by atoms with van der Waals surface area (Å²) >= 11 is 11.9. The summed E-state index contributed by atoms with van der Waals surface area (Å²) in [7, 11) is 0. The molecule has 150 valence electrons. The van der Waals surface area contributed by atoms with E-state index in [1.165, 1.54) is 18.6 Å². The Balaban J connectivity index is 1.87. The highest BCUT2D eigenvalue weighted by Gasteiger charge is 2.15. The van der Waals surface area contributed by atoms with Gasteiger partial charge in [0.2, 0.25) is 0 Å². The summed E-state index contributed by atoms with van der Waals surface area (Å²) in [4.78, 5) is 28.4. The molecule has 0 amide bonds. The summed E-state index contributed by atoms with van der Waals surface area (Å²) in [5, 5.41) is 0.909. The van der Waals surface area contributed by atoms with Crippen molar-refractivity contribution in [2.75, 3.05) is 6.61 Å². The van der Waals surface area contributed by atoms with Gasteiger partial charge in [-0.15, -0.1) is 0 Å². The zero-order valence-electron chi connectivity index (χ0n) is 15.7. The first-order valence-corrected chi connectivity index (χ1v) is 10.0. The molecule has 5 nitrogen and oxygen atoms in total. The highest BCUT2D eigenvalue weighted by atomic mass is 35.5. The Morgan fingerprint density at radius 1 is 0.893 bits per heavy atom. The van der Waals surface area contributed by atoms with Crippen molar-refractivity contribution in [3.05, 3.63) is 63.4 Å². The van der Waals surface area contributed by atoms with Crippen LogP contribution in [0.2, 0.25) is 10.0 Å². The molecule has 0 bridgehead atoms. The monoisotopic (exact) mass is 423 g/mol. The molecule has 2 rings (SSSR count). The van der Waals surface area contributed by atoms with E-state index < -0.39 is 11.9 Å². The van der Waals surface area contributed by atoms with Gasteiger partial charge < -0.3 is 9.47 Å². The Morgan fingerprint density at radius 3 is 2.14 bits per heavy atom. The molecule has 0 aliphatic carbocycles. The highest BCUT2D eigenvalue weighted by molar-refractivity contribution is 6.34. The summed E-state index contributed by atoms with van der Waals surface area (Å²) in [6.45, 7) is 2.48. The molecule has 0 fully saturated rings. The fourth-order valence-corrected chi connectivity index (χ4v) is 3.09. The fraction of sp³-hybridized carbons (Fsp3) is 0.381. The lowest BCUT2D eigenvalue weighted by atomic mass is 10.2. The molecule has 2 aromatic rings. The normalized spacial score (nSPS) is 10.5. The number of nitrogens with zero attached hydrogens (tertiary/aromatic N) is 1. The number of carbonyl (C=O) groups is 2. The third-order valence-electron chi connectivity index (χ3n) is 3.94. The number of hydrogen-bond donors (Lipinski definition) is 0. The summed E-state index contributed by atoms with van der Waals surface area (Å²) in [6, 6.07) is 9.46. The van der Waals surface area contributed by atoms with Gasteiger partial charge in [0.25, 0.3) is 0 Å². The zero-order valence-corrected chi connectivity index (χ0v) is 17.3. The van der Waals surface area contributed by atoms with E-state index in [9.17, 15) is 9.59 Å². The van der Waals surface area contributed by atoms with E-state index in [1.807, 2.05) is 0 Å². The number of carbonyl (C=O) groups excluding carboxylic acids is 2. The molecule has 1 heterocycles. The van der Waals surface area contributed by atoms with Crippen LogP contribution in [0.3, 0.4) is 0 Å². The third kappa shape index (κ3) is 7.49. The molecule has 0 aliphatic rings. The Kier molecular flexibility index (Phi) is 9.24. The van der Waals surface area contributed by atoms with Crippen molar-refractivity contribution in [2.24, 2.45) is 0 Å². The van der Waals surface area contributed by atoms with Gasteiger partial charge in [-0.25, -0.2) is 14.6 Å². The standard InChI is InChI=1S/C21H23Cl2NO4/c1-2-3-4-5-6-10-27-20(25)18-8-7-9-19(24-18)21(26)28-14-15-11-16(22)13-17(23)12-15/h7-9,11-13H,2-6,10,14H2,1H3. The molecule has 1 aromatic heterocycles. The van der Waals surface area contributed by atoms with Crippen LogP contribution in [-0.4, -0.2) is 23.5 Å². The number of aromatic nitrogens is 1. The van der Waals surface area contributed by atoms with E-state index in [0.29, 0.717) is 22.2 Å². The average molecular weight is 424 g/mol. The number of pyridine rings is 1. The molecule has 1 aromatic carbocycles. The first-order valence-electron chi connectivity index (χ1n) is 9.26. The van der Waals surface area contributed by atoms with Crippen molar-refractivity contribution in [3.63, 3.8) is 0 Å². The van der Waals surface area contributed by atoms with Crippen molar-refractivity contribution in [1.29, 1.82) is 0 Å². The number of halogens is 2. The van der Waals surface area contributed by atoms with Crippen LogP contribution >= 0.6 is 23.2 Å². The third-order valence-corrected chi connectivity index (χ3v) is 4.38. The van der Waals surface area contributed by atoms with Crippen LogP contribution in [0.1, 0.15) is 65.6 Å². The Hall–Kier alpha value is -2.11. The van der Waals surface area contributed by atoms with Gasteiger partial charge >= 0.3 is 11.9 Å². The Bertz CT molecular complexity index is 790. The quantitative estimate of drug-likeness (QED) is 0.352. The first kappa shape index (κ1) is 22.2. The SMILES string of the molecule is CCCCCCCOC(=O)c1cccc(C(=O)OCc2cc(Cl)cc(Cl)c2)n1. The second-order valence-corrected chi connectivity index (χ2v) is 7.18. The Morgan fingerprint density at radius 2 is 1.50 bits per heavy atom. The smallest absolute Gasteiger partial charge is 0.357 e. The van der Waals surface area contributed by atoms with Crippen LogP contribution in [0.5, 0.6) is 0 Å². The van der Waals surface area contributed by atoms with Gasteiger partial charge in [0.05, 0.1) is 6.61 Å². The van der Waals surface area contributed by atoms with E-state index >= 15 is 0 Å². The molecular weight excluding hydrogens is 401 g/mol. The van der Waals surface area contributed by atoms with E-state index in [1.54, 1.807) is 24.3 Å². The molecule has 0 saturated carbocycles. The molecule has 0 aliphatic heterocycles. The van der Waals surface area contributed by atoms with Crippen molar-refractivity contribution in [3.8, 4) is 0 Å². The minimum absolute atomic E-state index is 0.00672. The fourth-order valence-electron chi connectivity index (χ4n) is 2.52. The lowest BCUT2D eigenvalue weighted by Crippen LogP contribution is -2.13. The number of rotatable bonds is 10. The van der Waals surface area contributed by atoms with Gasteiger partial charge in [-0.3, -0.25) is 0 Å². The van der Waals surface area contributed by atoms with Gasteiger partial charge in [-0.2, -0.15) is 0 Å². The molecule has 0 N–H and O–H groups in total. The maximum Gasteiger partial charge on any atom is 0.357 e. The number of ether oxygens (including phenoxy) is 2. The van der Waals surface area contributed by atoms with Gasteiger partial charge in [0, 0.05) is 10.0 Å².